The van der Waals surface area contributed by atoms with Gasteiger partial charge in [-0.05, 0) is 12.0 Å². The molecule has 0 saturated carbocycles. The number of benzene rings is 1. The van der Waals surface area contributed by atoms with Crippen molar-refractivity contribution >= 4 is 0 Å². The predicted molar refractivity (Wildman–Crippen MR) is 78.4 cm³/mol. The molecule has 6 atom stereocenters. The molecule has 0 aliphatic carbocycles. The first-order valence-corrected chi connectivity index (χ1v) is 7.92. The third-order valence-electron chi connectivity index (χ3n) is 5.08. The number of rotatable bonds is 4. The Kier molecular flexibility index (Phi) is 3.16. The summed E-state index contributed by atoms with van der Waals surface area (Å²) >= 11 is 0. The summed E-state index contributed by atoms with van der Waals surface area (Å²) in [5.41, 5.74) is 1.31. The maximum absolute atomic E-state index is 6.48. The Morgan fingerprint density at radius 3 is 2.45 bits per heavy atom. The molecule has 2 fully saturated rings. The quantitative estimate of drug-likeness (QED) is 0.773. The lowest BCUT2D eigenvalue weighted by Crippen LogP contribution is -2.28. The van der Waals surface area contributed by atoms with Gasteiger partial charge in [0.05, 0.1) is 24.4 Å². The largest absolute Gasteiger partial charge is 0.369 e. The van der Waals surface area contributed by atoms with E-state index in [0.717, 1.165) is 0 Å². The average Bonchev–Trinajstić information content (AvgIpc) is 3.18. The van der Waals surface area contributed by atoms with E-state index in [4.69, 9.17) is 9.47 Å². The van der Waals surface area contributed by atoms with Crippen molar-refractivity contribution in [1.82, 2.24) is 0 Å². The van der Waals surface area contributed by atoms with Gasteiger partial charge in [-0.25, -0.2) is 0 Å². The second-order valence-corrected chi connectivity index (χ2v) is 6.25. The maximum Gasteiger partial charge on any atom is 0.0889 e. The molecule has 3 aliphatic rings. The van der Waals surface area contributed by atoms with Crippen LogP contribution in [-0.2, 0) is 9.47 Å². The van der Waals surface area contributed by atoms with Gasteiger partial charge >= 0.3 is 0 Å². The Morgan fingerprint density at radius 2 is 1.70 bits per heavy atom. The Balaban J connectivity index is 1.63. The van der Waals surface area contributed by atoms with Crippen LogP contribution in [0.4, 0.5) is 0 Å². The summed E-state index contributed by atoms with van der Waals surface area (Å²) < 4.78 is 12.6. The monoisotopic (exact) mass is 270 g/mol. The molecule has 3 heterocycles. The van der Waals surface area contributed by atoms with Crippen LogP contribution in [0.5, 0.6) is 0 Å². The van der Waals surface area contributed by atoms with Crippen LogP contribution in [0.2, 0.25) is 0 Å². The van der Waals surface area contributed by atoms with Crippen molar-refractivity contribution in [3.05, 3.63) is 48.0 Å². The van der Waals surface area contributed by atoms with E-state index in [9.17, 15) is 0 Å². The van der Waals surface area contributed by atoms with Crippen LogP contribution < -0.4 is 0 Å². The van der Waals surface area contributed by atoms with Gasteiger partial charge in [-0.15, -0.1) is 0 Å². The van der Waals surface area contributed by atoms with E-state index < -0.39 is 0 Å². The zero-order valence-corrected chi connectivity index (χ0v) is 11.9. The Labute approximate surface area is 120 Å². The molecule has 1 aromatic rings. The first kappa shape index (κ1) is 12.6. The van der Waals surface area contributed by atoms with Gasteiger partial charge in [-0.3, -0.25) is 0 Å². The van der Waals surface area contributed by atoms with E-state index in [1.165, 1.54) is 24.8 Å². The van der Waals surface area contributed by atoms with E-state index in [1.54, 1.807) is 0 Å². The molecule has 0 spiro atoms. The van der Waals surface area contributed by atoms with Gasteiger partial charge in [0.25, 0.3) is 0 Å². The molecule has 1 aromatic carbocycles. The molecule has 2 bridgehead atoms. The zero-order valence-electron chi connectivity index (χ0n) is 11.9. The molecule has 0 amide bonds. The Morgan fingerprint density at radius 1 is 0.950 bits per heavy atom. The highest BCUT2D eigenvalue weighted by atomic mass is 16.5. The first-order valence-electron chi connectivity index (χ1n) is 7.92. The molecule has 2 saturated heterocycles. The summed E-state index contributed by atoms with van der Waals surface area (Å²) in [5.74, 6) is 1.07. The van der Waals surface area contributed by atoms with Gasteiger partial charge in [0, 0.05) is 11.8 Å². The number of fused-ring (bicyclic) bond motifs is 5. The van der Waals surface area contributed by atoms with Crippen molar-refractivity contribution in [3.63, 3.8) is 0 Å². The Bertz CT molecular complexity index is 495. The number of hydrogen-bond acceptors (Lipinski definition) is 2. The smallest absolute Gasteiger partial charge is 0.0889 e. The average molecular weight is 270 g/mol. The highest BCUT2D eigenvalue weighted by molar-refractivity contribution is 5.26. The molecule has 4 rings (SSSR count). The fourth-order valence-corrected chi connectivity index (χ4v) is 4.18. The van der Waals surface area contributed by atoms with Gasteiger partial charge in [0.2, 0.25) is 0 Å². The molecule has 20 heavy (non-hydrogen) atoms. The molecular weight excluding hydrogens is 248 g/mol. The molecule has 2 heteroatoms. The van der Waals surface area contributed by atoms with Crippen molar-refractivity contribution in [3.8, 4) is 0 Å². The molecule has 0 aromatic heterocycles. The standard InChI is InChI=1S/C18H22O2/c1-2-3-9-13-16-14-10-11-15(19-14)17(16)18(20-13)12-7-5-4-6-8-12/h4-8,10-11,13-18H,2-3,9H2,1H3/t13-,14-,15+,16+,17+,18-/m0/s1. The SMILES string of the molecule is CCCC[C@@H]1O[C@@H](c2ccccc2)[C@H]2[C@H]1[C@@H]1C=C[C@H]2O1. The minimum Gasteiger partial charge on any atom is -0.369 e. The summed E-state index contributed by atoms with van der Waals surface area (Å²) in [4.78, 5) is 0. The zero-order chi connectivity index (χ0) is 13.5. The third kappa shape index (κ3) is 1.86. The van der Waals surface area contributed by atoms with Crippen molar-refractivity contribution in [2.75, 3.05) is 0 Å². The summed E-state index contributed by atoms with van der Waals surface area (Å²) in [6, 6.07) is 10.7. The number of ether oxygens (including phenoxy) is 2. The van der Waals surface area contributed by atoms with Gasteiger partial charge in [0.1, 0.15) is 0 Å². The topological polar surface area (TPSA) is 18.5 Å². The minimum atomic E-state index is 0.211. The lowest BCUT2D eigenvalue weighted by atomic mass is 9.77. The summed E-state index contributed by atoms with van der Waals surface area (Å²) in [6.07, 6.45) is 9.28. The van der Waals surface area contributed by atoms with E-state index in [2.05, 4.69) is 49.4 Å². The highest BCUT2D eigenvalue weighted by Gasteiger charge is 2.57. The molecule has 2 nitrogen and oxygen atoms in total. The van der Waals surface area contributed by atoms with Crippen molar-refractivity contribution < 1.29 is 9.47 Å². The van der Waals surface area contributed by atoms with Gasteiger partial charge in [-0.2, -0.15) is 0 Å². The Hall–Kier alpha value is -1.12. The molecule has 0 radical (unpaired) electrons. The number of hydrogen-bond donors (Lipinski definition) is 0. The molecule has 106 valence electrons. The lowest BCUT2D eigenvalue weighted by Gasteiger charge is -2.21. The van der Waals surface area contributed by atoms with Crippen molar-refractivity contribution in [2.24, 2.45) is 11.8 Å². The molecule has 3 aliphatic heterocycles. The normalized spacial score (nSPS) is 41.2. The summed E-state index contributed by atoms with van der Waals surface area (Å²) in [7, 11) is 0. The maximum atomic E-state index is 6.48. The molecular formula is C18H22O2. The van der Waals surface area contributed by atoms with Crippen LogP contribution in [0.1, 0.15) is 37.9 Å². The summed E-state index contributed by atoms with van der Waals surface area (Å²) in [5, 5.41) is 0. The van der Waals surface area contributed by atoms with Gasteiger partial charge in [-0.1, -0.05) is 62.2 Å². The van der Waals surface area contributed by atoms with Crippen LogP contribution in [0.15, 0.2) is 42.5 Å². The van der Waals surface area contributed by atoms with Crippen LogP contribution in [-0.4, -0.2) is 18.3 Å². The fourth-order valence-electron chi connectivity index (χ4n) is 4.18. The fraction of sp³-hybridized carbons (Fsp3) is 0.556. The van der Waals surface area contributed by atoms with Crippen LogP contribution in [0.3, 0.4) is 0 Å². The van der Waals surface area contributed by atoms with E-state index in [1.807, 2.05) is 0 Å². The van der Waals surface area contributed by atoms with Crippen LogP contribution >= 0.6 is 0 Å². The molecule has 0 N–H and O–H groups in total. The van der Waals surface area contributed by atoms with E-state index in [0.29, 0.717) is 24.0 Å². The lowest BCUT2D eigenvalue weighted by molar-refractivity contribution is -0.0262. The van der Waals surface area contributed by atoms with Crippen molar-refractivity contribution in [2.45, 2.75) is 50.6 Å². The second kappa shape index (κ2) is 5.01. The van der Waals surface area contributed by atoms with E-state index in [-0.39, 0.29) is 12.2 Å². The molecule has 0 unspecified atom stereocenters. The first-order chi connectivity index (χ1) is 9.88. The van der Waals surface area contributed by atoms with Crippen LogP contribution in [0, 0.1) is 11.8 Å². The minimum absolute atomic E-state index is 0.211. The number of unbranched alkanes of at least 4 members (excludes halogenated alkanes) is 1. The summed E-state index contributed by atoms with van der Waals surface area (Å²) in [6.45, 7) is 2.25. The van der Waals surface area contributed by atoms with Crippen LogP contribution in [0.25, 0.3) is 0 Å². The van der Waals surface area contributed by atoms with Gasteiger partial charge in [0.15, 0.2) is 0 Å². The third-order valence-corrected chi connectivity index (χ3v) is 5.08. The second-order valence-electron chi connectivity index (χ2n) is 6.25. The predicted octanol–water partition coefficient (Wildman–Crippen LogP) is 3.89. The van der Waals surface area contributed by atoms with E-state index >= 15 is 0 Å². The van der Waals surface area contributed by atoms with Crippen molar-refractivity contribution in [1.29, 1.82) is 0 Å². The van der Waals surface area contributed by atoms with Gasteiger partial charge < -0.3 is 9.47 Å². The highest BCUT2D eigenvalue weighted by Crippen LogP contribution is 2.55.